The lowest BCUT2D eigenvalue weighted by molar-refractivity contribution is 1.81. The van der Waals surface area contributed by atoms with Gasteiger partial charge in [-0.2, -0.15) is 0 Å². The van der Waals surface area contributed by atoms with E-state index in [0.29, 0.717) is 0 Å². The van der Waals surface area contributed by atoms with E-state index >= 15 is 0 Å². The molecule has 11 aromatic rings. The molecule has 160 valence electrons. The van der Waals surface area contributed by atoms with E-state index < -0.39 is 0 Å². The number of benzene rings is 11. The van der Waals surface area contributed by atoms with Crippen LogP contribution in [0.5, 0.6) is 0 Å². The van der Waals surface area contributed by atoms with Gasteiger partial charge in [-0.15, -0.1) is 0 Å². The quantitative estimate of drug-likeness (QED) is 0.160. The zero-order valence-electron chi connectivity index (χ0n) is 19.2. The van der Waals surface area contributed by atoms with E-state index in [1.807, 2.05) is 0 Å². The molecular weight excluding hydrogens is 432 g/mol. The maximum atomic E-state index is 2.45. The minimum atomic E-state index is 1.34. The standard InChI is InChI=1S/C36H16/c1-3-17-7-9-20-15-22-16-21-10-8-18-4-2-6-24-26-14-12-19-11-13-25-23(5-1)27(17)30(20)35-32(22)36(31(21)28(18)24)34(26)29(19)33(25)35/h1-16H. The molecule has 0 heteroatoms. The Balaban J connectivity index is 1.70. The van der Waals surface area contributed by atoms with Crippen LogP contribution in [-0.2, 0) is 0 Å². The Morgan fingerprint density at radius 3 is 1.17 bits per heavy atom. The number of hydrogen-bond donors (Lipinski definition) is 0. The third kappa shape index (κ3) is 1.55. The summed E-state index contributed by atoms with van der Waals surface area (Å²) in [6, 6.07) is 37.3. The largest absolute Gasteiger partial charge is 0.0610 e. The molecule has 0 saturated carbocycles. The lowest BCUT2D eigenvalue weighted by Crippen LogP contribution is -1.97. The van der Waals surface area contributed by atoms with E-state index in [9.17, 15) is 0 Å². The molecule has 0 heterocycles. The molecule has 0 atom stereocenters. The number of fused-ring (bicyclic) bond motifs is 2. The average Bonchev–Trinajstić information content (AvgIpc) is 2.93. The van der Waals surface area contributed by atoms with Crippen LogP contribution in [0.3, 0.4) is 0 Å². The van der Waals surface area contributed by atoms with Gasteiger partial charge in [0.15, 0.2) is 0 Å². The molecule has 0 radical (unpaired) electrons. The van der Waals surface area contributed by atoms with E-state index in [4.69, 9.17) is 0 Å². The third-order valence-electron chi connectivity index (χ3n) is 9.33. The summed E-state index contributed by atoms with van der Waals surface area (Å²) >= 11 is 0. The smallest absolute Gasteiger partial charge is 0.000114 e. The van der Waals surface area contributed by atoms with E-state index in [-0.39, 0.29) is 0 Å². The molecule has 0 amide bonds. The van der Waals surface area contributed by atoms with Gasteiger partial charge >= 0.3 is 0 Å². The van der Waals surface area contributed by atoms with Gasteiger partial charge < -0.3 is 0 Å². The van der Waals surface area contributed by atoms with Crippen molar-refractivity contribution in [1.82, 2.24) is 0 Å². The summed E-state index contributed by atoms with van der Waals surface area (Å²) in [6.07, 6.45) is 0. The first-order chi connectivity index (χ1) is 17.9. The number of rotatable bonds is 0. The summed E-state index contributed by atoms with van der Waals surface area (Å²) < 4.78 is 0. The fourth-order valence-electron chi connectivity index (χ4n) is 8.09. The molecule has 36 heavy (non-hydrogen) atoms. The number of hydrogen-bond acceptors (Lipinski definition) is 0. The first-order valence-electron chi connectivity index (χ1n) is 12.8. The highest BCUT2D eigenvalue weighted by Gasteiger charge is 2.26. The molecule has 0 spiro atoms. The van der Waals surface area contributed by atoms with Crippen molar-refractivity contribution >= 4 is 108 Å². The summed E-state index contributed by atoms with van der Waals surface area (Å²) in [5, 5.41) is 28.0. The zero-order valence-corrected chi connectivity index (χ0v) is 19.2. The molecule has 0 aliphatic rings. The van der Waals surface area contributed by atoms with Crippen molar-refractivity contribution in [2.24, 2.45) is 0 Å². The van der Waals surface area contributed by atoms with E-state index in [0.717, 1.165) is 0 Å². The van der Waals surface area contributed by atoms with Crippen LogP contribution in [0.1, 0.15) is 0 Å². The Labute approximate surface area is 204 Å². The molecule has 0 saturated heterocycles. The summed E-state index contributed by atoms with van der Waals surface area (Å²) in [4.78, 5) is 0. The second-order valence-electron chi connectivity index (χ2n) is 10.8. The van der Waals surface area contributed by atoms with Crippen LogP contribution in [0.2, 0.25) is 0 Å². The monoisotopic (exact) mass is 448 g/mol. The molecule has 0 fully saturated rings. The Kier molecular flexibility index (Phi) is 2.40. The maximum Gasteiger partial charge on any atom is -0.000114 e. The van der Waals surface area contributed by atoms with Crippen molar-refractivity contribution in [2.45, 2.75) is 0 Å². The molecule has 0 N–H and O–H groups in total. The van der Waals surface area contributed by atoms with Crippen molar-refractivity contribution < 1.29 is 0 Å². The Hall–Kier alpha value is -4.68. The van der Waals surface area contributed by atoms with Crippen molar-refractivity contribution in [1.29, 1.82) is 0 Å². The van der Waals surface area contributed by atoms with E-state index in [1.165, 1.54) is 108 Å². The average molecular weight is 449 g/mol. The van der Waals surface area contributed by atoms with Gasteiger partial charge in [0.25, 0.3) is 0 Å². The Bertz CT molecular complexity index is 2490. The lowest BCUT2D eigenvalue weighted by atomic mass is 9.77. The Morgan fingerprint density at radius 2 is 0.611 bits per heavy atom. The molecule has 11 aromatic carbocycles. The molecule has 11 rings (SSSR count). The van der Waals surface area contributed by atoms with Crippen molar-refractivity contribution in [2.75, 3.05) is 0 Å². The fraction of sp³-hybridized carbons (Fsp3) is 0. The van der Waals surface area contributed by atoms with Crippen LogP contribution in [0.25, 0.3) is 108 Å². The summed E-state index contributed by atoms with van der Waals surface area (Å²) in [6.45, 7) is 0. The molecule has 0 aromatic heterocycles. The van der Waals surface area contributed by atoms with Gasteiger partial charge in [0, 0.05) is 0 Å². The van der Waals surface area contributed by atoms with Crippen LogP contribution < -0.4 is 0 Å². The molecular formula is C36H16. The lowest BCUT2D eigenvalue weighted by Gasteiger charge is -2.25. The van der Waals surface area contributed by atoms with Crippen LogP contribution in [0, 0.1) is 0 Å². The topological polar surface area (TPSA) is 0 Å². The molecule has 0 nitrogen and oxygen atoms in total. The minimum absolute atomic E-state index is 1.34. The normalized spacial score (nSPS) is 13.6. The fourth-order valence-corrected chi connectivity index (χ4v) is 8.09. The van der Waals surface area contributed by atoms with Gasteiger partial charge in [-0.1, -0.05) is 84.9 Å². The highest BCUT2D eigenvalue weighted by atomic mass is 14.3. The van der Waals surface area contributed by atoms with Crippen molar-refractivity contribution in [3.63, 3.8) is 0 Å². The summed E-state index contributed by atoms with van der Waals surface area (Å²) in [5.74, 6) is 0. The van der Waals surface area contributed by atoms with Gasteiger partial charge in [-0.05, 0) is 120 Å². The van der Waals surface area contributed by atoms with Crippen LogP contribution in [0.4, 0.5) is 0 Å². The molecule has 0 unspecified atom stereocenters. The van der Waals surface area contributed by atoms with Gasteiger partial charge in [0.1, 0.15) is 0 Å². The third-order valence-corrected chi connectivity index (χ3v) is 9.33. The van der Waals surface area contributed by atoms with Crippen LogP contribution >= 0.6 is 0 Å². The Morgan fingerprint density at radius 1 is 0.222 bits per heavy atom. The molecule has 0 bridgehead atoms. The minimum Gasteiger partial charge on any atom is -0.0610 e. The van der Waals surface area contributed by atoms with Gasteiger partial charge in [-0.3, -0.25) is 0 Å². The van der Waals surface area contributed by atoms with E-state index in [1.54, 1.807) is 0 Å². The maximum absolute atomic E-state index is 2.45. The summed E-state index contributed by atoms with van der Waals surface area (Å²) in [7, 11) is 0. The van der Waals surface area contributed by atoms with Gasteiger partial charge in [0.05, 0.1) is 0 Å². The highest BCUT2D eigenvalue weighted by Crippen LogP contribution is 2.55. The van der Waals surface area contributed by atoms with E-state index in [2.05, 4.69) is 97.1 Å². The molecule has 0 aliphatic heterocycles. The SMILES string of the molecule is c1cc2ccc3cc4cc5ccc6cccc7c8ccc9ccc%10c(c1)c2c3c1c4c(c5c67)c8c9c%101. The van der Waals surface area contributed by atoms with Crippen LogP contribution in [0.15, 0.2) is 97.1 Å². The molecule has 0 aliphatic carbocycles. The predicted octanol–water partition coefficient (Wildman–Crippen LogP) is 10.4. The highest BCUT2D eigenvalue weighted by molar-refractivity contribution is 6.54. The van der Waals surface area contributed by atoms with Crippen molar-refractivity contribution in [3.8, 4) is 0 Å². The first kappa shape index (κ1) is 16.9. The second-order valence-corrected chi connectivity index (χ2v) is 10.8. The van der Waals surface area contributed by atoms with Gasteiger partial charge in [0.2, 0.25) is 0 Å². The first-order valence-corrected chi connectivity index (χ1v) is 12.8. The predicted molar refractivity (Wildman–Crippen MR) is 157 cm³/mol. The second kappa shape index (κ2) is 5.12. The summed E-state index contributed by atoms with van der Waals surface area (Å²) in [5.41, 5.74) is 0. The van der Waals surface area contributed by atoms with Gasteiger partial charge in [-0.25, -0.2) is 0 Å². The zero-order chi connectivity index (χ0) is 22.9. The van der Waals surface area contributed by atoms with Crippen molar-refractivity contribution in [3.05, 3.63) is 97.1 Å². The van der Waals surface area contributed by atoms with Crippen LogP contribution in [-0.4, -0.2) is 0 Å².